The zero-order valence-electron chi connectivity index (χ0n) is 7.69. The van der Waals surface area contributed by atoms with E-state index >= 15 is 0 Å². The van der Waals surface area contributed by atoms with Gasteiger partial charge in [0.1, 0.15) is 6.04 Å². The maximum Gasteiger partial charge on any atom is 0.322 e. The summed E-state index contributed by atoms with van der Waals surface area (Å²) >= 11 is 0. The van der Waals surface area contributed by atoms with E-state index in [0.717, 1.165) is 0 Å². The Morgan fingerprint density at radius 3 is 2.62 bits per heavy atom. The lowest BCUT2D eigenvalue weighted by atomic mass is 10.2. The number of aliphatic imine (C=N–C) groups is 1. The number of ether oxygens (including phenoxy) is 1. The van der Waals surface area contributed by atoms with E-state index in [1.54, 1.807) is 6.92 Å². The predicted octanol–water partition coefficient (Wildman–Crippen LogP) is -1.46. The van der Waals surface area contributed by atoms with E-state index in [0.29, 0.717) is 19.6 Å². The highest BCUT2D eigenvalue weighted by molar-refractivity contribution is 5.76. The molecule has 0 aliphatic carbocycles. The Bertz CT molecular complexity index is 189. The lowest BCUT2D eigenvalue weighted by Crippen LogP contribution is -2.33. The zero-order valence-corrected chi connectivity index (χ0v) is 7.69. The van der Waals surface area contributed by atoms with Crippen molar-refractivity contribution in [3.05, 3.63) is 0 Å². The second-order valence-electron chi connectivity index (χ2n) is 2.45. The van der Waals surface area contributed by atoms with Crippen LogP contribution in [0.15, 0.2) is 4.99 Å². The minimum Gasteiger partial charge on any atom is -0.465 e. The second-order valence-corrected chi connectivity index (χ2v) is 2.45. The number of nitrogens with two attached hydrogens (primary N) is 3. The fraction of sp³-hybridized carbons (Fsp3) is 0.714. The van der Waals surface area contributed by atoms with Crippen LogP contribution in [0.4, 0.5) is 0 Å². The van der Waals surface area contributed by atoms with Gasteiger partial charge >= 0.3 is 5.97 Å². The molecule has 0 aromatic carbocycles. The molecule has 0 spiro atoms. The number of guanidine groups is 1. The van der Waals surface area contributed by atoms with Gasteiger partial charge in [0.05, 0.1) is 6.61 Å². The average Bonchev–Trinajstić information content (AvgIpc) is 2.04. The number of esters is 1. The minimum absolute atomic E-state index is 0.00365. The molecule has 0 amide bonds. The number of carbonyl (C=O) groups excluding carboxylic acids is 1. The normalized spacial score (nSPS) is 11.8. The standard InChI is InChI=1S/C7H16N4O2/c1-2-13-6(12)5(8)3-4-11-7(9)10/h5H,2-4,8H2,1H3,(H4,9,10,11)/t5-/m0/s1. The Morgan fingerprint density at radius 2 is 2.15 bits per heavy atom. The summed E-state index contributed by atoms with van der Waals surface area (Å²) in [5.74, 6) is -0.427. The first-order chi connectivity index (χ1) is 6.07. The van der Waals surface area contributed by atoms with Crippen molar-refractivity contribution in [1.82, 2.24) is 0 Å². The quantitative estimate of drug-likeness (QED) is 0.277. The summed E-state index contributed by atoms with van der Waals surface area (Å²) in [6, 6.07) is -0.650. The molecule has 0 aromatic rings. The van der Waals surface area contributed by atoms with Gasteiger partial charge in [-0.3, -0.25) is 9.79 Å². The molecule has 0 rings (SSSR count). The summed E-state index contributed by atoms with van der Waals surface area (Å²) in [5, 5.41) is 0. The fourth-order valence-electron chi connectivity index (χ4n) is 0.700. The van der Waals surface area contributed by atoms with Gasteiger partial charge in [0.2, 0.25) is 0 Å². The van der Waals surface area contributed by atoms with Gasteiger partial charge in [-0.15, -0.1) is 0 Å². The van der Waals surface area contributed by atoms with Gasteiger partial charge in [0.15, 0.2) is 5.96 Å². The maximum atomic E-state index is 11.0. The molecule has 0 aliphatic heterocycles. The van der Waals surface area contributed by atoms with Crippen molar-refractivity contribution in [2.45, 2.75) is 19.4 Å². The summed E-state index contributed by atoms with van der Waals surface area (Å²) < 4.78 is 4.69. The van der Waals surface area contributed by atoms with Gasteiger partial charge in [-0.1, -0.05) is 0 Å². The van der Waals surface area contributed by atoms with Crippen molar-refractivity contribution in [3.8, 4) is 0 Å². The smallest absolute Gasteiger partial charge is 0.322 e. The molecule has 1 atom stereocenters. The third-order valence-corrected chi connectivity index (χ3v) is 1.32. The summed E-state index contributed by atoms with van der Waals surface area (Å²) in [5.41, 5.74) is 15.6. The highest BCUT2D eigenvalue weighted by atomic mass is 16.5. The molecule has 0 aliphatic rings. The first-order valence-electron chi connectivity index (χ1n) is 4.05. The number of hydrogen-bond acceptors (Lipinski definition) is 4. The van der Waals surface area contributed by atoms with Gasteiger partial charge in [0, 0.05) is 6.54 Å². The van der Waals surface area contributed by atoms with Gasteiger partial charge in [-0.25, -0.2) is 0 Å². The van der Waals surface area contributed by atoms with Gasteiger partial charge < -0.3 is 21.9 Å². The van der Waals surface area contributed by atoms with E-state index in [1.165, 1.54) is 0 Å². The van der Waals surface area contributed by atoms with Crippen LogP contribution >= 0.6 is 0 Å². The van der Waals surface area contributed by atoms with Crippen LogP contribution in [-0.4, -0.2) is 31.1 Å². The van der Waals surface area contributed by atoms with E-state index in [-0.39, 0.29) is 5.96 Å². The summed E-state index contributed by atoms with van der Waals surface area (Å²) in [4.78, 5) is 14.7. The van der Waals surface area contributed by atoms with E-state index in [1.807, 2.05) is 0 Å². The summed E-state index contributed by atoms with van der Waals surface area (Å²) in [7, 11) is 0. The fourth-order valence-corrected chi connectivity index (χ4v) is 0.700. The van der Waals surface area contributed by atoms with Crippen molar-refractivity contribution in [3.63, 3.8) is 0 Å². The average molecular weight is 188 g/mol. The highest BCUT2D eigenvalue weighted by Gasteiger charge is 2.13. The lowest BCUT2D eigenvalue weighted by molar-refractivity contribution is -0.144. The minimum atomic E-state index is -0.650. The Morgan fingerprint density at radius 1 is 1.54 bits per heavy atom. The molecule has 6 N–H and O–H groups in total. The molecule has 0 saturated heterocycles. The third kappa shape index (κ3) is 5.92. The van der Waals surface area contributed by atoms with E-state index in [4.69, 9.17) is 17.2 Å². The van der Waals surface area contributed by atoms with Crippen molar-refractivity contribution in [2.24, 2.45) is 22.2 Å². The van der Waals surface area contributed by atoms with E-state index in [2.05, 4.69) is 9.73 Å². The molecular formula is C7H16N4O2. The molecule has 13 heavy (non-hydrogen) atoms. The number of rotatable bonds is 5. The molecule has 6 nitrogen and oxygen atoms in total. The molecule has 76 valence electrons. The zero-order chi connectivity index (χ0) is 10.3. The molecule has 0 radical (unpaired) electrons. The molecule has 6 heteroatoms. The van der Waals surface area contributed by atoms with E-state index in [9.17, 15) is 4.79 Å². The largest absolute Gasteiger partial charge is 0.465 e. The predicted molar refractivity (Wildman–Crippen MR) is 49.9 cm³/mol. The van der Waals surface area contributed by atoms with Crippen molar-refractivity contribution in [2.75, 3.05) is 13.2 Å². The maximum absolute atomic E-state index is 11.0. The van der Waals surface area contributed by atoms with Crippen LogP contribution < -0.4 is 17.2 Å². The molecule has 0 bridgehead atoms. The van der Waals surface area contributed by atoms with Crippen LogP contribution in [0.1, 0.15) is 13.3 Å². The molecule has 0 saturated carbocycles. The highest BCUT2D eigenvalue weighted by Crippen LogP contribution is 1.92. The Hall–Kier alpha value is -1.30. The molecule has 0 heterocycles. The van der Waals surface area contributed by atoms with Crippen LogP contribution in [0.2, 0.25) is 0 Å². The Labute approximate surface area is 77.1 Å². The van der Waals surface area contributed by atoms with Crippen LogP contribution in [0.25, 0.3) is 0 Å². The summed E-state index contributed by atoms with van der Waals surface area (Å²) in [6.45, 7) is 2.39. The molecule has 0 aromatic heterocycles. The second kappa shape index (κ2) is 6.24. The topological polar surface area (TPSA) is 117 Å². The number of nitrogens with zero attached hydrogens (tertiary/aromatic N) is 1. The van der Waals surface area contributed by atoms with Crippen molar-refractivity contribution in [1.29, 1.82) is 0 Å². The van der Waals surface area contributed by atoms with Gasteiger partial charge in [-0.2, -0.15) is 0 Å². The monoisotopic (exact) mass is 188 g/mol. The van der Waals surface area contributed by atoms with Crippen LogP contribution in [0.5, 0.6) is 0 Å². The lowest BCUT2D eigenvalue weighted by Gasteiger charge is -2.08. The first kappa shape index (κ1) is 11.7. The number of hydrogen-bond donors (Lipinski definition) is 3. The van der Waals surface area contributed by atoms with Crippen LogP contribution in [0.3, 0.4) is 0 Å². The number of carbonyl (C=O) groups is 1. The molecule has 0 unspecified atom stereocenters. The van der Waals surface area contributed by atoms with Crippen LogP contribution in [0, 0.1) is 0 Å². The summed E-state index contributed by atoms with van der Waals surface area (Å²) in [6.07, 6.45) is 0.386. The SMILES string of the molecule is CCOC(=O)[C@@H](N)CCN=C(N)N. The Balaban J connectivity index is 3.67. The van der Waals surface area contributed by atoms with Crippen molar-refractivity contribution >= 4 is 11.9 Å². The molecule has 0 fully saturated rings. The van der Waals surface area contributed by atoms with E-state index < -0.39 is 12.0 Å². The Kier molecular flexibility index (Phi) is 5.62. The van der Waals surface area contributed by atoms with Crippen molar-refractivity contribution < 1.29 is 9.53 Å². The third-order valence-electron chi connectivity index (χ3n) is 1.32. The van der Waals surface area contributed by atoms with Crippen LogP contribution in [-0.2, 0) is 9.53 Å². The van der Waals surface area contributed by atoms with Gasteiger partial charge in [-0.05, 0) is 13.3 Å². The first-order valence-corrected chi connectivity index (χ1v) is 4.05. The molecular weight excluding hydrogens is 172 g/mol. The van der Waals surface area contributed by atoms with Gasteiger partial charge in [0.25, 0.3) is 0 Å².